The first-order valence-electron chi connectivity index (χ1n) is 5.63. The lowest BCUT2D eigenvalue weighted by Crippen LogP contribution is -2.21. The van der Waals surface area contributed by atoms with Crippen LogP contribution in [-0.2, 0) is 6.42 Å². The van der Waals surface area contributed by atoms with Crippen molar-refractivity contribution in [1.82, 2.24) is 5.32 Å². The Morgan fingerprint density at radius 1 is 1.38 bits per heavy atom. The molecule has 0 spiro atoms. The summed E-state index contributed by atoms with van der Waals surface area (Å²) in [6.07, 6.45) is 1.96. The largest absolute Gasteiger partial charge is 0.377 e. The molecule has 1 rings (SSSR count). The molecule has 0 aliphatic rings. The second kappa shape index (κ2) is 5.54. The Morgan fingerprint density at radius 2 is 2.06 bits per heavy atom. The number of carbonyl (C=O) groups excluding carboxylic acids is 1. The summed E-state index contributed by atoms with van der Waals surface area (Å²) in [7, 11) is 5.67. The average molecular weight is 220 g/mol. The summed E-state index contributed by atoms with van der Waals surface area (Å²) in [6, 6.07) is 5.87. The Hall–Kier alpha value is -1.51. The van der Waals surface area contributed by atoms with E-state index in [0.29, 0.717) is 0 Å². The van der Waals surface area contributed by atoms with Crippen LogP contribution in [0, 0.1) is 0 Å². The van der Waals surface area contributed by atoms with Gasteiger partial charge in [0.25, 0.3) is 5.91 Å². The third kappa shape index (κ3) is 2.54. The molecular weight excluding hydrogens is 200 g/mol. The lowest BCUT2D eigenvalue weighted by atomic mass is 10.00. The van der Waals surface area contributed by atoms with Crippen molar-refractivity contribution in [2.75, 3.05) is 26.0 Å². The molecule has 1 aromatic carbocycles. The Kier molecular flexibility index (Phi) is 4.35. The van der Waals surface area contributed by atoms with Crippen molar-refractivity contribution >= 4 is 11.6 Å². The number of hydrogen-bond acceptors (Lipinski definition) is 2. The number of nitrogens with zero attached hydrogens (tertiary/aromatic N) is 1. The third-order valence-corrected chi connectivity index (χ3v) is 2.60. The monoisotopic (exact) mass is 220 g/mol. The molecule has 0 aromatic heterocycles. The van der Waals surface area contributed by atoms with Gasteiger partial charge in [-0.3, -0.25) is 4.79 Å². The molecule has 0 aliphatic carbocycles. The molecule has 0 atom stereocenters. The summed E-state index contributed by atoms with van der Waals surface area (Å²) in [5, 5.41) is 2.69. The molecule has 1 aromatic rings. The van der Waals surface area contributed by atoms with Crippen molar-refractivity contribution in [3.63, 3.8) is 0 Å². The fourth-order valence-electron chi connectivity index (χ4n) is 1.85. The van der Waals surface area contributed by atoms with E-state index in [4.69, 9.17) is 0 Å². The van der Waals surface area contributed by atoms with Crippen molar-refractivity contribution in [3.05, 3.63) is 29.3 Å². The van der Waals surface area contributed by atoms with E-state index in [0.717, 1.165) is 29.7 Å². The molecule has 0 heterocycles. The first-order chi connectivity index (χ1) is 7.61. The summed E-state index contributed by atoms with van der Waals surface area (Å²) in [4.78, 5) is 13.8. The van der Waals surface area contributed by atoms with Crippen molar-refractivity contribution in [1.29, 1.82) is 0 Å². The molecule has 3 heteroatoms. The standard InChI is InChI=1S/C13H20N2O/c1-5-7-10-11(13(16)14-2)8-6-9-12(10)15(3)4/h6,8-9H,5,7H2,1-4H3,(H,14,16). The number of rotatable bonds is 4. The number of anilines is 1. The smallest absolute Gasteiger partial charge is 0.251 e. The molecule has 0 fully saturated rings. The molecule has 3 nitrogen and oxygen atoms in total. The van der Waals surface area contributed by atoms with Crippen molar-refractivity contribution < 1.29 is 4.79 Å². The van der Waals surface area contributed by atoms with Gasteiger partial charge >= 0.3 is 0 Å². The number of hydrogen-bond donors (Lipinski definition) is 1. The van der Waals surface area contributed by atoms with Gasteiger partial charge in [0.1, 0.15) is 0 Å². The second-order valence-corrected chi connectivity index (χ2v) is 4.03. The Morgan fingerprint density at radius 3 is 2.56 bits per heavy atom. The van der Waals surface area contributed by atoms with Crippen LogP contribution >= 0.6 is 0 Å². The molecule has 0 saturated carbocycles. The molecule has 0 unspecified atom stereocenters. The van der Waals surface area contributed by atoms with Crippen molar-refractivity contribution in [2.45, 2.75) is 19.8 Å². The van der Waals surface area contributed by atoms with Crippen LogP contribution in [0.2, 0.25) is 0 Å². The molecule has 0 bridgehead atoms. The summed E-state index contributed by atoms with van der Waals surface area (Å²) >= 11 is 0. The van der Waals surface area contributed by atoms with E-state index >= 15 is 0 Å². The summed E-state index contributed by atoms with van der Waals surface area (Å²) in [5.41, 5.74) is 3.05. The minimum atomic E-state index is -0.00727. The van der Waals surface area contributed by atoms with Gasteiger partial charge in [-0.15, -0.1) is 0 Å². The quantitative estimate of drug-likeness (QED) is 0.842. The highest BCUT2D eigenvalue weighted by Crippen LogP contribution is 2.24. The zero-order valence-corrected chi connectivity index (χ0v) is 10.5. The maximum absolute atomic E-state index is 11.8. The van der Waals surface area contributed by atoms with Crippen LogP contribution in [0.25, 0.3) is 0 Å². The number of benzene rings is 1. The third-order valence-electron chi connectivity index (χ3n) is 2.60. The molecule has 88 valence electrons. The van der Waals surface area contributed by atoms with Crippen LogP contribution in [-0.4, -0.2) is 27.1 Å². The zero-order valence-electron chi connectivity index (χ0n) is 10.5. The maximum atomic E-state index is 11.8. The summed E-state index contributed by atoms with van der Waals surface area (Å²) in [6.45, 7) is 2.13. The molecule has 0 radical (unpaired) electrons. The predicted molar refractivity (Wildman–Crippen MR) is 68.2 cm³/mol. The van der Waals surface area contributed by atoms with E-state index in [2.05, 4.69) is 23.2 Å². The van der Waals surface area contributed by atoms with Crippen LogP contribution < -0.4 is 10.2 Å². The van der Waals surface area contributed by atoms with E-state index < -0.39 is 0 Å². The minimum Gasteiger partial charge on any atom is -0.377 e. The molecule has 16 heavy (non-hydrogen) atoms. The van der Waals surface area contributed by atoms with Crippen LogP contribution in [0.15, 0.2) is 18.2 Å². The van der Waals surface area contributed by atoms with Gasteiger partial charge in [0, 0.05) is 32.4 Å². The predicted octanol–water partition coefficient (Wildman–Crippen LogP) is 2.06. The zero-order chi connectivity index (χ0) is 12.1. The topological polar surface area (TPSA) is 32.3 Å². The van der Waals surface area contributed by atoms with Crippen LogP contribution in [0.3, 0.4) is 0 Å². The average Bonchev–Trinajstić information content (AvgIpc) is 2.28. The highest BCUT2D eigenvalue weighted by Gasteiger charge is 2.13. The normalized spacial score (nSPS) is 10.0. The molecule has 0 saturated heterocycles. The van der Waals surface area contributed by atoms with Gasteiger partial charge in [0.2, 0.25) is 0 Å². The van der Waals surface area contributed by atoms with Crippen molar-refractivity contribution in [2.24, 2.45) is 0 Å². The fourth-order valence-corrected chi connectivity index (χ4v) is 1.85. The Balaban J connectivity index is 3.26. The molecule has 1 N–H and O–H groups in total. The first kappa shape index (κ1) is 12.6. The van der Waals surface area contributed by atoms with Crippen molar-refractivity contribution in [3.8, 4) is 0 Å². The molecule has 1 amide bonds. The van der Waals surface area contributed by atoms with E-state index in [1.165, 1.54) is 0 Å². The number of carbonyl (C=O) groups is 1. The van der Waals surface area contributed by atoms with Crippen LogP contribution in [0.4, 0.5) is 5.69 Å². The maximum Gasteiger partial charge on any atom is 0.251 e. The SMILES string of the molecule is CCCc1c(C(=O)NC)cccc1N(C)C. The summed E-state index contributed by atoms with van der Waals surface area (Å²) in [5.74, 6) is -0.00727. The highest BCUT2D eigenvalue weighted by atomic mass is 16.1. The Labute approximate surface area is 97.5 Å². The summed E-state index contributed by atoms with van der Waals surface area (Å²) < 4.78 is 0. The lowest BCUT2D eigenvalue weighted by Gasteiger charge is -2.19. The van der Waals surface area contributed by atoms with E-state index in [1.54, 1.807) is 7.05 Å². The molecular formula is C13H20N2O. The fraction of sp³-hybridized carbons (Fsp3) is 0.462. The minimum absolute atomic E-state index is 0.00727. The van der Waals surface area contributed by atoms with Gasteiger partial charge in [0.15, 0.2) is 0 Å². The number of amides is 1. The van der Waals surface area contributed by atoms with Gasteiger partial charge in [0.05, 0.1) is 0 Å². The van der Waals surface area contributed by atoms with E-state index in [9.17, 15) is 4.79 Å². The Bertz CT molecular complexity index is 372. The van der Waals surface area contributed by atoms with E-state index in [-0.39, 0.29) is 5.91 Å². The van der Waals surface area contributed by atoms with Gasteiger partial charge in [-0.1, -0.05) is 19.4 Å². The second-order valence-electron chi connectivity index (χ2n) is 4.03. The van der Waals surface area contributed by atoms with Crippen LogP contribution in [0.5, 0.6) is 0 Å². The first-order valence-corrected chi connectivity index (χ1v) is 5.63. The van der Waals surface area contributed by atoms with Gasteiger partial charge in [-0.05, 0) is 24.1 Å². The molecule has 0 aliphatic heterocycles. The van der Waals surface area contributed by atoms with Crippen LogP contribution in [0.1, 0.15) is 29.3 Å². The number of nitrogens with one attached hydrogen (secondary N) is 1. The van der Waals surface area contributed by atoms with E-state index in [1.807, 2.05) is 26.2 Å². The van der Waals surface area contributed by atoms with Gasteiger partial charge in [-0.2, -0.15) is 0 Å². The lowest BCUT2D eigenvalue weighted by molar-refractivity contribution is 0.0962. The van der Waals surface area contributed by atoms with Gasteiger partial charge in [-0.25, -0.2) is 0 Å². The van der Waals surface area contributed by atoms with Gasteiger partial charge < -0.3 is 10.2 Å². The highest BCUT2D eigenvalue weighted by molar-refractivity contribution is 5.97.